The highest BCUT2D eigenvalue weighted by Crippen LogP contribution is 2.31. The van der Waals surface area contributed by atoms with Crippen molar-refractivity contribution in [2.45, 2.75) is 6.16 Å². The summed E-state index contributed by atoms with van der Waals surface area (Å²) in [5.74, 6) is 0.603. The highest BCUT2D eigenvalue weighted by Gasteiger charge is 2.08. The molecule has 4 N–H and O–H groups in total. The normalized spacial score (nSPS) is 10.4. The molecule has 1 unspecified atom stereocenters. The Morgan fingerprint density at radius 2 is 1.25 bits per heavy atom. The number of phenolic OH excluding ortho intramolecular Hbond substituents is 2. The lowest BCUT2D eigenvalue weighted by molar-refractivity contribution is -0.176. The lowest BCUT2D eigenvalue weighted by Crippen LogP contribution is -2.00. The summed E-state index contributed by atoms with van der Waals surface area (Å²) in [6, 6.07) is 23.0. The highest BCUT2D eigenvalue weighted by molar-refractivity contribution is 7.46. The van der Waals surface area contributed by atoms with E-state index in [1.165, 1.54) is 10.9 Å². The third-order valence-electron chi connectivity index (χ3n) is 3.54. The van der Waals surface area contributed by atoms with Crippen molar-refractivity contribution in [1.82, 2.24) is 0 Å². The molecule has 0 radical (unpaired) electrons. The predicted octanol–water partition coefficient (Wildman–Crippen LogP) is 4.29. The highest BCUT2D eigenvalue weighted by atomic mass is 31.1. The van der Waals surface area contributed by atoms with Crippen molar-refractivity contribution in [2.75, 3.05) is 0 Å². The number of rotatable bonds is 4. The van der Waals surface area contributed by atoms with E-state index in [-0.39, 0.29) is 0 Å². The number of para-hydroxylation sites is 1. The smallest absolute Gasteiger partial charge is 0.123 e. The van der Waals surface area contributed by atoms with E-state index in [1.54, 1.807) is 18.2 Å². The van der Waals surface area contributed by atoms with E-state index in [0.29, 0.717) is 20.1 Å². The fourth-order valence-corrected chi connectivity index (χ4v) is 3.64. The van der Waals surface area contributed by atoms with Gasteiger partial charge in [-0.15, -0.1) is 0 Å². The minimum absolute atomic E-state index is 0.293. The SMILES string of the molecule is OO.Oc1ccc(CPc2ccccc2-c2ccccc2O)cc1. The summed E-state index contributed by atoms with van der Waals surface area (Å²) in [6.07, 6.45) is 0.922. The molecule has 5 heteroatoms. The van der Waals surface area contributed by atoms with E-state index in [0.717, 1.165) is 17.3 Å². The molecular formula is C19H19O4P. The summed E-state index contributed by atoms with van der Waals surface area (Å²) >= 11 is 0. The van der Waals surface area contributed by atoms with Crippen LogP contribution < -0.4 is 5.30 Å². The van der Waals surface area contributed by atoms with Crippen molar-refractivity contribution in [3.63, 3.8) is 0 Å². The third kappa shape index (κ3) is 4.56. The van der Waals surface area contributed by atoms with Gasteiger partial charge in [-0.25, -0.2) is 0 Å². The molecule has 0 aliphatic rings. The molecule has 0 saturated carbocycles. The van der Waals surface area contributed by atoms with Crippen LogP contribution in [0.3, 0.4) is 0 Å². The van der Waals surface area contributed by atoms with Crippen LogP contribution in [-0.4, -0.2) is 20.7 Å². The van der Waals surface area contributed by atoms with E-state index < -0.39 is 0 Å². The predicted molar refractivity (Wildman–Crippen MR) is 98.6 cm³/mol. The van der Waals surface area contributed by atoms with Crippen molar-refractivity contribution in [3.8, 4) is 22.6 Å². The zero-order valence-corrected chi connectivity index (χ0v) is 13.9. The third-order valence-corrected chi connectivity index (χ3v) is 4.94. The second-order valence-electron chi connectivity index (χ2n) is 5.08. The average Bonchev–Trinajstić information content (AvgIpc) is 2.64. The summed E-state index contributed by atoms with van der Waals surface area (Å²) < 4.78 is 0. The molecule has 0 spiro atoms. The second kappa shape index (κ2) is 9.04. The van der Waals surface area contributed by atoms with E-state index in [1.807, 2.05) is 48.5 Å². The molecule has 124 valence electrons. The summed E-state index contributed by atoms with van der Waals surface area (Å²) in [4.78, 5) is 0. The molecule has 0 aliphatic carbocycles. The zero-order valence-electron chi connectivity index (χ0n) is 12.9. The molecule has 1 atom stereocenters. The first-order valence-corrected chi connectivity index (χ1v) is 8.54. The van der Waals surface area contributed by atoms with Crippen molar-refractivity contribution in [3.05, 3.63) is 78.4 Å². The Bertz CT molecular complexity index is 772. The Kier molecular flexibility index (Phi) is 6.76. The fourth-order valence-electron chi connectivity index (χ4n) is 2.38. The van der Waals surface area contributed by atoms with Gasteiger partial charge in [-0.1, -0.05) is 63.2 Å². The van der Waals surface area contributed by atoms with Crippen LogP contribution in [-0.2, 0) is 6.16 Å². The molecule has 3 aromatic rings. The maximum Gasteiger partial charge on any atom is 0.123 e. The van der Waals surface area contributed by atoms with Gasteiger partial charge in [0.15, 0.2) is 0 Å². The molecule has 3 rings (SSSR count). The van der Waals surface area contributed by atoms with Crippen LogP contribution in [0.25, 0.3) is 11.1 Å². The van der Waals surface area contributed by atoms with Crippen LogP contribution in [0.1, 0.15) is 5.56 Å². The fraction of sp³-hybridized carbons (Fsp3) is 0.0526. The minimum Gasteiger partial charge on any atom is -0.508 e. The molecular weight excluding hydrogens is 323 g/mol. The van der Waals surface area contributed by atoms with E-state index in [9.17, 15) is 10.2 Å². The Balaban J connectivity index is 0.00000100. The topological polar surface area (TPSA) is 80.9 Å². The van der Waals surface area contributed by atoms with Crippen molar-refractivity contribution < 1.29 is 20.7 Å². The molecule has 0 amide bonds. The molecule has 0 bridgehead atoms. The first kappa shape index (κ1) is 18.0. The Morgan fingerprint density at radius 1 is 0.667 bits per heavy atom. The van der Waals surface area contributed by atoms with Gasteiger partial charge < -0.3 is 10.2 Å². The monoisotopic (exact) mass is 342 g/mol. The van der Waals surface area contributed by atoms with Crippen molar-refractivity contribution in [2.24, 2.45) is 0 Å². The van der Waals surface area contributed by atoms with Crippen LogP contribution >= 0.6 is 8.58 Å². The Labute approximate surface area is 142 Å². The standard InChI is InChI=1S/C19H17O2P.H2O2/c20-15-11-9-14(10-12-15)13-22-19-8-4-2-6-17(19)16-5-1-3-7-18(16)21;1-2/h1-12,20-22H,13H2;1-2H. The van der Waals surface area contributed by atoms with Gasteiger partial charge >= 0.3 is 0 Å². The quantitative estimate of drug-likeness (QED) is 0.324. The van der Waals surface area contributed by atoms with Gasteiger partial charge in [0.2, 0.25) is 0 Å². The molecule has 24 heavy (non-hydrogen) atoms. The van der Waals surface area contributed by atoms with Gasteiger partial charge in [0.25, 0.3) is 0 Å². The van der Waals surface area contributed by atoms with E-state index in [4.69, 9.17) is 10.5 Å². The molecule has 0 fully saturated rings. The number of aromatic hydroxyl groups is 2. The van der Waals surface area contributed by atoms with E-state index >= 15 is 0 Å². The van der Waals surface area contributed by atoms with Crippen molar-refractivity contribution >= 4 is 13.9 Å². The minimum atomic E-state index is 0.293. The van der Waals surface area contributed by atoms with Crippen LogP contribution in [0.4, 0.5) is 0 Å². The first-order valence-electron chi connectivity index (χ1n) is 7.33. The Hall–Kier alpha value is -2.39. The number of phenols is 2. The maximum atomic E-state index is 10.1. The summed E-state index contributed by atoms with van der Waals surface area (Å²) in [6.45, 7) is 0. The molecule has 0 heterocycles. The second-order valence-corrected chi connectivity index (χ2v) is 6.33. The molecule has 3 aromatic carbocycles. The van der Waals surface area contributed by atoms with Gasteiger partial charge in [-0.05, 0) is 40.8 Å². The van der Waals surface area contributed by atoms with Crippen LogP contribution in [0.15, 0.2) is 72.8 Å². The number of hydrogen-bond donors (Lipinski definition) is 4. The van der Waals surface area contributed by atoms with Crippen LogP contribution in [0.2, 0.25) is 0 Å². The average molecular weight is 342 g/mol. The lowest BCUT2D eigenvalue weighted by atomic mass is 10.0. The lowest BCUT2D eigenvalue weighted by Gasteiger charge is -2.11. The summed E-state index contributed by atoms with van der Waals surface area (Å²) in [5, 5.41) is 32.7. The van der Waals surface area contributed by atoms with Gasteiger partial charge in [-0.2, -0.15) is 0 Å². The molecule has 4 nitrogen and oxygen atoms in total. The zero-order chi connectivity index (χ0) is 17.4. The van der Waals surface area contributed by atoms with Gasteiger partial charge in [0, 0.05) is 5.56 Å². The van der Waals surface area contributed by atoms with Crippen LogP contribution in [0, 0.1) is 0 Å². The number of hydrogen-bond acceptors (Lipinski definition) is 4. The molecule has 0 aliphatic heterocycles. The van der Waals surface area contributed by atoms with Crippen molar-refractivity contribution in [1.29, 1.82) is 0 Å². The number of benzene rings is 3. The summed E-state index contributed by atoms with van der Waals surface area (Å²) in [5.41, 5.74) is 3.15. The van der Waals surface area contributed by atoms with Crippen LogP contribution in [0.5, 0.6) is 11.5 Å². The van der Waals surface area contributed by atoms with E-state index in [2.05, 4.69) is 6.07 Å². The van der Waals surface area contributed by atoms with Gasteiger partial charge in [0.05, 0.1) is 0 Å². The Morgan fingerprint density at radius 3 is 1.92 bits per heavy atom. The largest absolute Gasteiger partial charge is 0.508 e. The van der Waals surface area contributed by atoms with Gasteiger partial charge in [0.1, 0.15) is 11.5 Å². The molecule has 0 saturated heterocycles. The maximum absolute atomic E-state index is 10.1. The first-order chi connectivity index (χ1) is 11.7. The summed E-state index contributed by atoms with van der Waals surface area (Å²) in [7, 11) is 0.607. The van der Waals surface area contributed by atoms with Gasteiger partial charge in [-0.3, -0.25) is 10.5 Å². The molecule has 0 aromatic heterocycles.